The van der Waals surface area contributed by atoms with E-state index in [0.29, 0.717) is 25.3 Å². The van der Waals surface area contributed by atoms with Crippen LogP contribution in [0.2, 0.25) is 0 Å². The fourth-order valence-electron chi connectivity index (χ4n) is 1.83. The fourth-order valence-corrected chi connectivity index (χ4v) is 1.83. The molecule has 1 fully saturated rings. The van der Waals surface area contributed by atoms with Gasteiger partial charge in [-0.15, -0.1) is 0 Å². The largest absolute Gasteiger partial charge is 0.481 e. The zero-order chi connectivity index (χ0) is 12.1. The van der Waals surface area contributed by atoms with Crippen molar-refractivity contribution in [2.75, 3.05) is 13.2 Å². The van der Waals surface area contributed by atoms with Crippen molar-refractivity contribution < 1.29 is 19.2 Å². The normalized spacial score (nSPS) is 19.6. The molecule has 2 heterocycles. The van der Waals surface area contributed by atoms with Crippen molar-refractivity contribution in [1.29, 1.82) is 0 Å². The number of carboxylic acids is 1. The zero-order valence-corrected chi connectivity index (χ0v) is 9.59. The van der Waals surface area contributed by atoms with E-state index >= 15 is 0 Å². The van der Waals surface area contributed by atoms with Gasteiger partial charge < -0.3 is 14.4 Å². The first kappa shape index (κ1) is 12.0. The van der Waals surface area contributed by atoms with E-state index in [1.54, 1.807) is 0 Å². The fraction of sp³-hybridized carbons (Fsp3) is 0.727. The Balaban J connectivity index is 1.75. The van der Waals surface area contributed by atoms with Gasteiger partial charge in [-0.05, 0) is 19.3 Å². The molecule has 1 aliphatic heterocycles. The van der Waals surface area contributed by atoms with Crippen LogP contribution in [0.4, 0.5) is 0 Å². The van der Waals surface area contributed by atoms with Gasteiger partial charge in [0.1, 0.15) is 0 Å². The molecule has 1 aromatic rings. The number of carbonyl (C=O) groups is 1. The van der Waals surface area contributed by atoms with Crippen molar-refractivity contribution in [1.82, 2.24) is 10.1 Å². The molecule has 17 heavy (non-hydrogen) atoms. The maximum Gasteiger partial charge on any atom is 0.303 e. The Morgan fingerprint density at radius 1 is 1.47 bits per heavy atom. The van der Waals surface area contributed by atoms with Gasteiger partial charge in [0, 0.05) is 25.4 Å². The average Bonchev–Trinajstić information content (AvgIpc) is 2.94. The van der Waals surface area contributed by atoms with Crippen LogP contribution in [-0.2, 0) is 16.0 Å². The second-order valence-electron chi connectivity index (χ2n) is 4.21. The number of rotatable bonds is 6. The number of hydrogen-bond donors (Lipinski definition) is 1. The van der Waals surface area contributed by atoms with Crippen LogP contribution in [0.5, 0.6) is 0 Å². The van der Waals surface area contributed by atoms with Crippen molar-refractivity contribution >= 4 is 5.97 Å². The first-order chi connectivity index (χ1) is 8.25. The number of hydrogen-bond acceptors (Lipinski definition) is 5. The van der Waals surface area contributed by atoms with Crippen LogP contribution in [0.1, 0.15) is 43.3 Å². The number of unbranched alkanes of at least 4 members (excludes halogenated alkanes) is 1. The molecule has 0 saturated carbocycles. The summed E-state index contributed by atoms with van der Waals surface area (Å²) in [5, 5.41) is 12.4. The van der Waals surface area contributed by atoms with Crippen molar-refractivity contribution in [3.8, 4) is 0 Å². The van der Waals surface area contributed by atoms with Gasteiger partial charge in [-0.25, -0.2) is 0 Å². The molecule has 6 heteroatoms. The number of aromatic nitrogens is 2. The molecule has 0 spiro atoms. The van der Waals surface area contributed by atoms with Crippen molar-refractivity contribution in [2.45, 2.75) is 38.0 Å². The molecule has 1 atom stereocenters. The molecule has 1 aromatic heterocycles. The Kier molecular flexibility index (Phi) is 4.08. The van der Waals surface area contributed by atoms with Crippen LogP contribution in [-0.4, -0.2) is 34.4 Å². The minimum absolute atomic E-state index is 0.192. The van der Waals surface area contributed by atoms with Crippen LogP contribution in [0.15, 0.2) is 4.52 Å². The summed E-state index contributed by atoms with van der Waals surface area (Å²) >= 11 is 0. The first-order valence-electron chi connectivity index (χ1n) is 5.87. The smallest absolute Gasteiger partial charge is 0.303 e. The highest BCUT2D eigenvalue weighted by Crippen LogP contribution is 2.22. The van der Waals surface area contributed by atoms with Gasteiger partial charge in [-0.1, -0.05) is 5.16 Å². The predicted molar refractivity (Wildman–Crippen MR) is 57.7 cm³/mol. The Morgan fingerprint density at radius 3 is 3.06 bits per heavy atom. The first-order valence-corrected chi connectivity index (χ1v) is 5.87. The van der Waals surface area contributed by atoms with Gasteiger partial charge in [-0.2, -0.15) is 4.98 Å². The molecule has 0 radical (unpaired) electrons. The van der Waals surface area contributed by atoms with Gasteiger partial charge >= 0.3 is 5.97 Å². The van der Waals surface area contributed by atoms with E-state index < -0.39 is 5.97 Å². The molecule has 0 aromatic carbocycles. The molecule has 94 valence electrons. The van der Waals surface area contributed by atoms with E-state index in [0.717, 1.165) is 25.3 Å². The summed E-state index contributed by atoms with van der Waals surface area (Å²) in [6, 6.07) is 0. The molecule has 1 unspecified atom stereocenters. The lowest BCUT2D eigenvalue weighted by Crippen LogP contribution is -2.00. The van der Waals surface area contributed by atoms with Crippen LogP contribution < -0.4 is 0 Å². The molecule has 0 bridgehead atoms. The molecule has 1 aliphatic rings. The van der Waals surface area contributed by atoms with E-state index in [4.69, 9.17) is 14.4 Å². The van der Waals surface area contributed by atoms with Gasteiger partial charge in [-0.3, -0.25) is 4.79 Å². The number of nitrogens with zero attached hydrogens (tertiary/aromatic N) is 2. The number of aryl methyl sites for hydroxylation is 1. The van der Waals surface area contributed by atoms with Crippen LogP contribution >= 0.6 is 0 Å². The number of ether oxygens (including phenoxy) is 1. The summed E-state index contributed by atoms with van der Waals surface area (Å²) in [6.45, 7) is 1.42. The summed E-state index contributed by atoms with van der Waals surface area (Å²) in [7, 11) is 0. The highest BCUT2D eigenvalue weighted by molar-refractivity contribution is 5.66. The minimum atomic E-state index is -0.765. The second-order valence-corrected chi connectivity index (χ2v) is 4.21. The molecule has 1 N–H and O–H groups in total. The van der Waals surface area contributed by atoms with Crippen molar-refractivity contribution in [3.05, 3.63) is 11.7 Å². The molecule has 0 amide bonds. The SMILES string of the molecule is O=C(O)CCCCc1nc(C2CCOC2)no1. The standard InChI is InChI=1S/C11H16N2O4/c14-10(15)4-2-1-3-9-12-11(13-17-9)8-5-6-16-7-8/h8H,1-7H2,(H,14,15). The van der Waals surface area contributed by atoms with Gasteiger partial charge in [0.25, 0.3) is 0 Å². The Bertz CT molecular complexity index is 371. The van der Waals surface area contributed by atoms with Crippen molar-refractivity contribution in [2.24, 2.45) is 0 Å². The van der Waals surface area contributed by atoms with Crippen LogP contribution in [0, 0.1) is 0 Å². The summed E-state index contributed by atoms with van der Waals surface area (Å²) in [5.41, 5.74) is 0. The van der Waals surface area contributed by atoms with E-state index in [1.165, 1.54) is 0 Å². The lowest BCUT2D eigenvalue weighted by molar-refractivity contribution is -0.137. The van der Waals surface area contributed by atoms with E-state index in [1.807, 2.05) is 0 Å². The Hall–Kier alpha value is -1.43. The van der Waals surface area contributed by atoms with Crippen LogP contribution in [0.3, 0.4) is 0 Å². The topological polar surface area (TPSA) is 85.5 Å². The number of aliphatic carboxylic acids is 1. The molecular formula is C11H16N2O4. The Labute approximate surface area is 99.0 Å². The van der Waals surface area contributed by atoms with E-state index in [2.05, 4.69) is 10.1 Å². The maximum atomic E-state index is 10.3. The van der Waals surface area contributed by atoms with Gasteiger partial charge in [0.15, 0.2) is 5.82 Å². The molecule has 1 saturated heterocycles. The van der Waals surface area contributed by atoms with Gasteiger partial charge in [0.2, 0.25) is 5.89 Å². The van der Waals surface area contributed by atoms with Gasteiger partial charge in [0.05, 0.1) is 6.61 Å². The highest BCUT2D eigenvalue weighted by Gasteiger charge is 2.22. The summed E-state index contributed by atoms with van der Waals surface area (Å²) in [5.74, 6) is 0.805. The third-order valence-corrected chi connectivity index (χ3v) is 2.81. The lowest BCUT2D eigenvalue weighted by Gasteiger charge is -1.97. The predicted octanol–water partition coefficient (Wildman–Crippen LogP) is 1.37. The van der Waals surface area contributed by atoms with E-state index in [-0.39, 0.29) is 12.3 Å². The third-order valence-electron chi connectivity index (χ3n) is 2.81. The number of carboxylic acid groups (broad SMARTS) is 1. The molecule has 0 aliphatic carbocycles. The summed E-state index contributed by atoms with van der Waals surface area (Å²) in [6.07, 6.45) is 3.18. The minimum Gasteiger partial charge on any atom is -0.481 e. The summed E-state index contributed by atoms with van der Waals surface area (Å²) in [4.78, 5) is 14.6. The quantitative estimate of drug-likeness (QED) is 0.756. The third kappa shape index (κ3) is 3.52. The second kappa shape index (κ2) is 5.77. The van der Waals surface area contributed by atoms with Crippen LogP contribution in [0.25, 0.3) is 0 Å². The Morgan fingerprint density at radius 2 is 2.35 bits per heavy atom. The monoisotopic (exact) mass is 240 g/mol. The van der Waals surface area contributed by atoms with Crippen molar-refractivity contribution in [3.63, 3.8) is 0 Å². The lowest BCUT2D eigenvalue weighted by atomic mass is 10.1. The molecular weight excluding hydrogens is 224 g/mol. The zero-order valence-electron chi connectivity index (χ0n) is 9.59. The molecule has 2 rings (SSSR count). The molecule has 6 nitrogen and oxygen atoms in total. The van der Waals surface area contributed by atoms with E-state index in [9.17, 15) is 4.79 Å². The highest BCUT2D eigenvalue weighted by atomic mass is 16.5. The average molecular weight is 240 g/mol. The summed E-state index contributed by atoms with van der Waals surface area (Å²) < 4.78 is 10.4. The maximum absolute atomic E-state index is 10.3.